The number of carboxylic acid groups (broad SMARTS) is 1. The summed E-state index contributed by atoms with van der Waals surface area (Å²) in [5.74, 6) is 0.852. The number of nitrogens with zero attached hydrogens (tertiary/aromatic N) is 4. The number of aliphatic carboxylic acids is 1. The summed E-state index contributed by atoms with van der Waals surface area (Å²) in [4.78, 5) is 25.3. The van der Waals surface area contributed by atoms with Gasteiger partial charge in [0.2, 0.25) is 5.95 Å². The second kappa shape index (κ2) is 8.60. The highest BCUT2D eigenvalue weighted by atomic mass is 35.5. The van der Waals surface area contributed by atoms with E-state index in [9.17, 15) is 9.90 Å². The predicted octanol–water partition coefficient (Wildman–Crippen LogP) is 5.24. The molecule has 37 heavy (non-hydrogen) atoms. The lowest BCUT2D eigenvalue weighted by Gasteiger charge is -2.33. The Morgan fingerprint density at radius 1 is 1.22 bits per heavy atom. The minimum absolute atomic E-state index is 0.0105. The van der Waals surface area contributed by atoms with Gasteiger partial charge in [-0.2, -0.15) is 4.98 Å². The largest absolute Gasteiger partial charge is 0.495 e. The van der Waals surface area contributed by atoms with Crippen LogP contribution < -0.4 is 15.0 Å². The summed E-state index contributed by atoms with van der Waals surface area (Å²) in [6.07, 6.45) is 4.01. The van der Waals surface area contributed by atoms with Crippen LogP contribution in [0.5, 0.6) is 5.75 Å². The van der Waals surface area contributed by atoms with Crippen LogP contribution in [0.4, 0.5) is 23.1 Å². The summed E-state index contributed by atoms with van der Waals surface area (Å²) in [6, 6.07) is 12.1. The monoisotopic (exact) mass is 519 g/mol. The van der Waals surface area contributed by atoms with E-state index in [1.54, 1.807) is 13.3 Å². The average molecular weight is 520 g/mol. The maximum absolute atomic E-state index is 11.7. The number of hydrogen-bond acceptors (Lipinski definition) is 7. The van der Waals surface area contributed by atoms with Crippen molar-refractivity contribution >= 4 is 40.7 Å². The molecule has 3 aliphatic rings. The second-order valence-electron chi connectivity index (χ2n) is 10.9. The Bertz CT molecular complexity index is 1410. The molecule has 8 nitrogen and oxygen atoms in total. The van der Waals surface area contributed by atoms with E-state index in [-0.39, 0.29) is 11.8 Å². The number of benzene rings is 2. The fourth-order valence-electron chi connectivity index (χ4n) is 6.18. The van der Waals surface area contributed by atoms with Crippen LogP contribution in [-0.4, -0.2) is 53.2 Å². The van der Waals surface area contributed by atoms with E-state index < -0.39 is 11.4 Å². The molecular formula is C28H30ClN5O3. The minimum atomic E-state index is -0.839. The van der Waals surface area contributed by atoms with Crippen LogP contribution in [0.15, 0.2) is 42.6 Å². The van der Waals surface area contributed by atoms with Gasteiger partial charge in [-0.15, -0.1) is 0 Å². The average Bonchev–Trinajstić information content (AvgIpc) is 3.56. The van der Waals surface area contributed by atoms with Crippen molar-refractivity contribution in [3.05, 3.63) is 64.3 Å². The van der Waals surface area contributed by atoms with Gasteiger partial charge in [-0.1, -0.05) is 36.7 Å². The van der Waals surface area contributed by atoms with Crippen molar-refractivity contribution in [1.82, 2.24) is 14.9 Å². The van der Waals surface area contributed by atoms with Crippen molar-refractivity contribution in [2.75, 3.05) is 37.5 Å². The number of anilines is 4. The van der Waals surface area contributed by atoms with E-state index in [1.165, 1.54) is 24.0 Å². The molecule has 1 aromatic heterocycles. The number of aromatic nitrogens is 2. The van der Waals surface area contributed by atoms with Crippen molar-refractivity contribution in [3.8, 4) is 5.75 Å². The van der Waals surface area contributed by atoms with Gasteiger partial charge in [-0.3, -0.25) is 4.79 Å². The Labute approximate surface area is 221 Å². The first-order chi connectivity index (χ1) is 17.7. The molecule has 0 bridgehead atoms. The number of para-hydroxylation sites is 1. The molecular weight excluding hydrogens is 490 g/mol. The first kappa shape index (κ1) is 24.0. The quantitative estimate of drug-likeness (QED) is 0.456. The molecule has 3 heterocycles. The Balaban J connectivity index is 1.36. The fourth-order valence-corrected chi connectivity index (χ4v) is 6.38. The number of methoxy groups -OCH3 is 1. The summed E-state index contributed by atoms with van der Waals surface area (Å²) >= 11 is 6.61. The topological polar surface area (TPSA) is 90.8 Å². The predicted molar refractivity (Wildman–Crippen MR) is 144 cm³/mol. The smallest absolute Gasteiger partial charge is 0.304 e. The normalized spacial score (nSPS) is 21.5. The third kappa shape index (κ3) is 4.08. The number of ether oxygens (including phenoxy) is 1. The lowest BCUT2D eigenvalue weighted by molar-refractivity contribution is -0.138. The third-order valence-corrected chi connectivity index (χ3v) is 8.25. The van der Waals surface area contributed by atoms with E-state index in [1.807, 2.05) is 36.1 Å². The third-order valence-electron chi connectivity index (χ3n) is 7.98. The minimum Gasteiger partial charge on any atom is -0.495 e. The molecule has 9 heteroatoms. The number of rotatable bonds is 6. The number of hydrogen-bond donors (Lipinski definition) is 2. The summed E-state index contributed by atoms with van der Waals surface area (Å²) in [5, 5.41) is 13.3. The molecule has 0 radical (unpaired) electrons. The first-order valence-electron chi connectivity index (χ1n) is 12.5. The number of likely N-dealkylation sites (N-methyl/N-ethyl adjacent to an activating group) is 1. The van der Waals surface area contributed by atoms with Gasteiger partial charge in [0.05, 0.1) is 25.4 Å². The van der Waals surface area contributed by atoms with Gasteiger partial charge in [0.25, 0.3) is 0 Å². The van der Waals surface area contributed by atoms with Crippen LogP contribution in [0, 0.1) is 0 Å². The van der Waals surface area contributed by atoms with Gasteiger partial charge in [-0.25, -0.2) is 4.98 Å². The molecule has 1 saturated carbocycles. The van der Waals surface area contributed by atoms with E-state index in [4.69, 9.17) is 21.3 Å². The van der Waals surface area contributed by atoms with Crippen LogP contribution in [0.25, 0.3) is 0 Å². The fraction of sp³-hybridized carbons (Fsp3) is 0.393. The SMILES string of the molecule is COc1cc2c(cc1Nc1ncc(Cl)c(N3CC(C)(CC(=O)O)c4ccccc43)n1)CN(C)CC21CC1. The van der Waals surface area contributed by atoms with Crippen LogP contribution >= 0.6 is 11.6 Å². The molecule has 6 rings (SSSR count). The molecule has 0 amide bonds. The Morgan fingerprint density at radius 2 is 2.00 bits per heavy atom. The number of halogens is 1. The lowest BCUT2D eigenvalue weighted by Crippen LogP contribution is -2.35. The summed E-state index contributed by atoms with van der Waals surface area (Å²) in [6.45, 7) is 4.38. The zero-order valence-corrected chi connectivity index (χ0v) is 22.0. The van der Waals surface area contributed by atoms with Crippen molar-refractivity contribution < 1.29 is 14.6 Å². The van der Waals surface area contributed by atoms with Crippen LogP contribution in [0.1, 0.15) is 42.9 Å². The van der Waals surface area contributed by atoms with Crippen LogP contribution in [0.2, 0.25) is 5.02 Å². The van der Waals surface area contributed by atoms with Crippen molar-refractivity contribution in [2.24, 2.45) is 0 Å². The molecule has 2 aliphatic heterocycles. The van der Waals surface area contributed by atoms with E-state index >= 15 is 0 Å². The highest BCUT2D eigenvalue weighted by Gasteiger charge is 2.49. The van der Waals surface area contributed by atoms with Gasteiger partial charge in [0, 0.05) is 36.2 Å². The first-order valence-corrected chi connectivity index (χ1v) is 12.9. The molecule has 1 spiro atoms. The number of fused-ring (bicyclic) bond motifs is 3. The van der Waals surface area contributed by atoms with E-state index in [0.29, 0.717) is 23.3 Å². The Hall–Kier alpha value is -3.36. The maximum Gasteiger partial charge on any atom is 0.304 e. The highest BCUT2D eigenvalue weighted by Crippen LogP contribution is 2.54. The number of nitrogens with one attached hydrogen (secondary N) is 1. The van der Waals surface area contributed by atoms with E-state index in [2.05, 4.69) is 34.4 Å². The van der Waals surface area contributed by atoms with Gasteiger partial charge >= 0.3 is 5.97 Å². The van der Waals surface area contributed by atoms with Crippen LogP contribution in [-0.2, 0) is 22.2 Å². The molecule has 2 N–H and O–H groups in total. The summed E-state index contributed by atoms with van der Waals surface area (Å²) in [5.41, 5.74) is 5.04. The van der Waals surface area contributed by atoms with E-state index in [0.717, 1.165) is 35.8 Å². The molecule has 3 aromatic rings. The lowest BCUT2D eigenvalue weighted by atomic mass is 9.81. The van der Waals surface area contributed by atoms with Crippen molar-refractivity contribution in [2.45, 2.75) is 43.6 Å². The summed E-state index contributed by atoms with van der Waals surface area (Å²) < 4.78 is 5.77. The number of carbonyl (C=O) groups is 1. The van der Waals surface area contributed by atoms with Gasteiger partial charge < -0.3 is 25.0 Å². The number of carboxylic acids is 1. The van der Waals surface area contributed by atoms with Gasteiger partial charge in [0.15, 0.2) is 5.82 Å². The second-order valence-corrected chi connectivity index (χ2v) is 11.3. The zero-order chi connectivity index (χ0) is 25.9. The molecule has 192 valence electrons. The molecule has 1 fully saturated rings. The van der Waals surface area contributed by atoms with Crippen molar-refractivity contribution in [3.63, 3.8) is 0 Å². The summed E-state index contributed by atoms with van der Waals surface area (Å²) in [7, 11) is 3.85. The standard InChI is InChI=1S/C28H30ClN5O3/c1-27(12-24(35)36)15-34(22-7-5-4-6-18(22)27)25-20(29)13-30-26(32-25)31-21-10-17-14-33(2)16-28(8-9-28)19(17)11-23(21)37-3/h4-7,10-11,13H,8-9,12,14-16H2,1-3H3,(H,35,36)(H,30,31,32). The Morgan fingerprint density at radius 3 is 2.73 bits per heavy atom. The molecule has 0 saturated heterocycles. The van der Waals surface area contributed by atoms with Crippen molar-refractivity contribution in [1.29, 1.82) is 0 Å². The molecule has 1 atom stereocenters. The molecule has 1 aliphatic carbocycles. The zero-order valence-electron chi connectivity index (χ0n) is 21.2. The molecule has 1 unspecified atom stereocenters. The van der Waals surface area contributed by atoms with Gasteiger partial charge in [-0.05, 0) is 54.8 Å². The van der Waals surface area contributed by atoms with Gasteiger partial charge in [0.1, 0.15) is 10.8 Å². The molecule has 2 aromatic carbocycles. The Kier molecular flexibility index (Phi) is 5.58. The maximum atomic E-state index is 11.7. The highest BCUT2D eigenvalue weighted by molar-refractivity contribution is 6.33. The van der Waals surface area contributed by atoms with Crippen LogP contribution in [0.3, 0.4) is 0 Å².